The van der Waals surface area contributed by atoms with Gasteiger partial charge in [0, 0.05) is 0 Å². The standard InChI is InChI=1S/C14H15FN2O2/c1-10-6-7-11(8-10)16-17-14(18)9-19-13-5-3-2-4-12(13)15/h2-5,8H,6-7,9H2,1H3,(H,17,18). The summed E-state index contributed by atoms with van der Waals surface area (Å²) in [5.41, 5.74) is 4.48. The largest absolute Gasteiger partial charge is 0.481 e. The van der Waals surface area contributed by atoms with Crippen LogP contribution < -0.4 is 10.2 Å². The van der Waals surface area contributed by atoms with Crippen molar-refractivity contribution in [3.8, 4) is 5.75 Å². The lowest BCUT2D eigenvalue weighted by atomic mass is 10.3. The Morgan fingerprint density at radius 1 is 1.42 bits per heavy atom. The van der Waals surface area contributed by atoms with E-state index in [4.69, 9.17) is 4.74 Å². The number of carbonyl (C=O) groups is 1. The number of hydrogen-bond donors (Lipinski definition) is 1. The van der Waals surface area contributed by atoms with Gasteiger partial charge in [0.1, 0.15) is 0 Å². The molecular formula is C14H15FN2O2. The highest BCUT2D eigenvalue weighted by molar-refractivity contribution is 5.98. The molecule has 0 atom stereocenters. The molecule has 2 rings (SSSR count). The minimum atomic E-state index is -0.490. The maximum Gasteiger partial charge on any atom is 0.277 e. The van der Waals surface area contributed by atoms with Crippen LogP contribution in [0.25, 0.3) is 0 Å². The van der Waals surface area contributed by atoms with E-state index in [0.29, 0.717) is 0 Å². The summed E-state index contributed by atoms with van der Waals surface area (Å²) in [7, 11) is 0. The normalized spacial score (nSPS) is 16.3. The number of nitrogens with zero attached hydrogens (tertiary/aromatic N) is 1. The number of para-hydroxylation sites is 1. The molecule has 0 spiro atoms. The number of carbonyl (C=O) groups excluding carboxylic acids is 1. The molecule has 1 aromatic carbocycles. The molecule has 0 saturated carbocycles. The zero-order valence-corrected chi connectivity index (χ0v) is 10.6. The van der Waals surface area contributed by atoms with Gasteiger partial charge in [0.25, 0.3) is 5.91 Å². The lowest BCUT2D eigenvalue weighted by Gasteiger charge is -2.05. The molecule has 0 unspecified atom stereocenters. The van der Waals surface area contributed by atoms with Crippen LogP contribution in [-0.4, -0.2) is 18.2 Å². The van der Waals surface area contributed by atoms with Crippen LogP contribution in [0.2, 0.25) is 0 Å². The zero-order valence-electron chi connectivity index (χ0n) is 10.6. The van der Waals surface area contributed by atoms with E-state index in [1.165, 1.54) is 17.7 Å². The van der Waals surface area contributed by atoms with Crippen LogP contribution in [-0.2, 0) is 4.79 Å². The predicted molar refractivity (Wildman–Crippen MR) is 70.5 cm³/mol. The molecule has 4 nitrogen and oxygen atoms in total. The molecular weight excluding hydrogens is 247 g/mol. The lowest BCUT2D eigenvalue weighted by molar-refractivity contribution is -0.123. The molecule has 0 saturated heterocycles. The number of amides is 1. The lowest BCUT2D eigenvalue weighted by Crippen LogP contribution is -2.25. The third-order valence-corrected chi connectivity index (χ3v) is 2.71. The van der Waals surface area contributed by atoms with E-state index in [2.05, 4.69) is 10.5 Å². The highest BCUT2D eigenvalue weighted by Crippen LogP contribution is 2.15. The average molecular weight is 262 g/mol. The van der Waals surface area contributed by atoms with Crippen molar-refractivity contribution in [2.45, 2.75) is 19.8 Å². The Hall–Kier alpha value is -2.17. The minimum Gasteiger partial charge on any atom is -0.481 e. The summed E-state index contributed by atoms with van der Waals surface area (Å²) in [5, 5.41) is 3.98. The third-order valence-electron chi connectivity index (χ3n) is 2.71. The number of allylic oxidation sites excluding steroid dienone is 2. The molecule has 5 heteroatoms. The number of hydrogen-bond acceptors (Lipinski definition) is 3. The summed E-state index contributed by atoms with van der Waals surface area (Å²) in [6.45, 7) is 1.76. The Kier molecular flexibility index (Phi) is 4.28. The molecule has 19 heavy (non-hydrogen) atoms. The van der Waals surface area contributed by atoms with Crippen molar-refractivity contribution in [2.24, 2.45) is 5.10 Å². The first-order valence-corrected chi connectivity index (χ1v) is 6.05. The van der Waals surface area contributed by atoms with Crippen LogP contribution in [0.1, 0.15) is 19.8 Å². The molecule has 0 aromatic heterocycles. The summed E-state index contributed by atoms with van der Waals surface area (Å²) in [6.07, 6.45) is 3.75. The summed E-state index contributed by atoms with van der Waals surface area (Å²) in [5.74, 6) is -0.841. The fourth-order valence-electron chi connectivity index (χ4n) is 1.71. The molecule has 1 amide bonds. The first-order chi connectivity index (χ1) is 9.15. The van der Waals surface area contributed by atoms with Gasteiger partial charge in [-0.25, -0.2) is 9.82 Å². The Morgan fingerprint density at radius 3 is 2.89 bits per heavy atom. The number of hydrazone groups is 1. The van der Waals surface area contributed by atoms with Crippen LogP contribution in [0, 0.1) is 5.82 Å². The average Bonchev–Trinajstić information content (AvgIpc) is 2.81. The number of halogens is 1. The van der Waals surface area contributed by atoms with E-state index in [9.17, 15) is 9.18 Å². The van der Waals surface area contributed by atoms with Crippen molar-refractivity contribution in [3.05, 3.63) is 41.7 Å². The summed E-state index contributed by atoms with van der Waals surface area (Å²) in [6, 6.07) is 5.95. The molecule has 100 valence electrons. The van der Waals surface area contributed by atoms with E-state index in [1.807, 2.05) is 13.0 Å². The highest BCUT2D eigenvalue weighted by Gasteiger charge is 2.08. The topological polar surface area (TPSA) is 50.7 Å². The maximum absolute atomic E-state index is 13.2. The van der Waals surface area contributed by atoms with Gasteiger partial charge >= 0.3 is 0 Å². The van der Waals surface area contributed by atoms with Gasteiger partial charge in [-0.05, 0) is 38.0 Å². The van der Waals surface area contributed by atoms with Gasteiger partial charge in [0.15, 0.2) is 18.2 Å². The fourth-order valence-corrected chi connectivity index (χ4v) is 1.71. The van der Waals surface area contributed by atoms with Gasteiger partial charge in [-0.2, -0.15) is 5.10 Å². The maximum atomic E-state index is 13.2. The van der Waals surface area contributed by atoms with E-state index < -0.39 is 11.7 Å². The highest BCUT2D eigenvalue weighted by atomic mass is 19.1. The predicted octanol–water partition coefficient (Wildman–Crippen LogP) is 2.42. The van der Waals surface area contributed by atoms with Crippen LogP contribution >= 0.6 is 0 Å². The van der Waals surface area contributed by atoms with E-state index >= 15 is 0 Å². The molecule has 0 bridgehead atoms. The van der Waals surface area contributed by atoms with E-state index in [1.54, 1.807) is 12.1 Å². The Balaban J connectivity index is 1.81. The first kappa shape index (κ1) is 13.3. The van der Waals surface area contributed by atoms with Gasteiger partial charge in [0.2, 0.25) is 0 Å². The Bertz CT molecular complexity index is 538. The third kappa shape index (κ3) is 3.91. The number of nitrogens with one attached hydrogen (secondary N) is 1. The molecule has 1 aliphatic rings. The molecule has 0 radical (unpaired) electrons. The minimum absolute atomic E-state index is 0.0573. The molecule has 1 aliphatic carbocycles. The summed E-state index contributed by atoms with van der Waals surface area (Å²) < 4.78 is 18.3. The van der Waals surface area contributed by atoms with Crippen molar-refractivity contribution < 1.29 is 13.9 Å². The second-order valence-corrected chi connectivity index (χ2v) is 4.35. The number of benzene rings is 1. The van der Waals surface area contributed by atoms with Crippen molar-refractivity contribution in [1.29, 1.82) is 0 Å². The van der Waals surface area contributed by atoms with Gasteiger partial charge in [-0.1, -0.05) is 17.7 Å². The van der Waals surface area contributed by atoms with Gasteiger partial charge in [-0.15, -0.1) is 0 Å². The smallest absolute Gasteiger partial charge is 0.277 e. The molecule has 0 fully saturated rings. The van der Waals surface area contributed by atoms with Crippen LogP contribution in [0.15, 0.2) is 41.0 Å². The van der Waals surface area contributed by atoms with Crippen LogP contribution in [0.4, 0.5) is 4.39 Å². The SMILES string of the molecule is CC1=CC(=NNC(=O)COc2ccccc2F)CC1. The van der Waals surface area contributed by atoms with Crippen molar-refractivity contribution in [2.75, 3.05) is 6.61 Å². The molecule has 1 N–H and O–H groups in total. The van der Waals surface area contributed by atoms with Gasteiger partial charge in [-0.3, -0.25) is 4.79 Å². The van der Waals surface area contributed by atoms with Gasteiger partial charge < -0.3 is 4.74 Å². The summed E-state index contributed by atoms with van der Waals surface area (Å²) >= 11 is 0. The zero-order chi connectivity index (χ0) is 13.7. The Labute approximate surface area is 111 Å². The van der Waals surface area contributed by atoms with E-state index in [0.717, 1.165) is 18.6 Å². The fraction of sp³-hybridized carbons (Fsp3) is 0.286. The monoisotopic (exact) mass is 262 g/mol. The van der Waals surface area contributed by atoms with Crippen molar-refractivity contribution in [1.82, 2.24) is 5.43 Å². The van der Waals surface area contributed by atoms with Crippen LogP contribution in [0.5, 0.6) is 5.75 Å². The van der Waals surface area contributed by atoms with Crippen molar-refractivity contribution in [3.63, 3.8) is 0 Å². The summed E-state index contributed by atoms with van der Waals surface area (Å²) in [4.78, 5) is 11.5. The second-order valence-electron chi connectivity index (χ2n) is 4.35. The molecule has 0 aliphatic heterocycles. The first-order valence-electron chi connectivity index (χ1n) is 6.05. The van der Waals surface area contributed by atoms with Crippen molar-refractivity contribution >= 4 is 11.6 Å². The quantitative estimate of drug-likeness (QED) is 0.847. The molecule has 0 heterocycles. The van der Waals surface area contributed by atoms with E-state index in [-0.39, 0.29) is 12.4 Å². The number of rotatable bonds is 4. The van der Waals surface area contributed by atoms with Gasteiger partial charge in [0.05, 0.1) is 5.71 Å². The second kappa shape index (κ2) is 6.13. The molecule has 1 aromatic rings. The van der Waals surface area contributed by atoms with Crippen LogP contribution in [0.3, 0.4) is 0 Å². The Morgan fingerprint density at radius 2 is 2.21 bits per heavy atom. The number of ether oxygens (including phenoxy) is 1.